The number of nitrogens with zero attached hydrogens (tertiary/aromatic N) is 5. The molecule has 1 aliphatic rings. The van der Waals surface area contributed by atoms with Gasteiger partial charge < -0.3 is 9.47 Å². The Bertz CT molecular complexity index is 1250. The molecule has 0 N–H and O–H groups in total. The Morgan fingerprint density at radius 3 is 2.48 bits per heavy atom. The van der Waals surface area contributed by atoms with Gasteiger partial charge in [0.2, 0.25) is 0 Å². The monoisotopic (exact) mass is 433 g/mol. The van der Waals surface area contributed by atoms with Gasteiger partial charge in [0.15, 0.2) is 10.8 Å². The van der Waals surface area contributed by atoms with Crippen molar-refractivity contribution < 1.29 is 9.18 Å². The lowest BCUT2D eigenvalue weighted by molar-refractivity contribution is 0.0645. The van der Waals surface area contributed by atoms with Crippen LogP contribution in [0.1, 0.15) is 34.8 Å². The van der Waals surface area contributed by atoms with E-state index in [1.165, 1.54) is 35.8 Å². The number of aromatic nitrogens is 4. The van der Waals surface area contributed by atoms with Gasteiger partial charge in [-0.3, -0.25) is 4.79 Å². The van der Waals surface area contributed by atoms with E-state index in [9.17, 15) is 9.18 Å². The van der Waals surface area contributed by atoms with Crippen molar-refractivity contribution in [2.75, 3.05) is 6.54 Å². The first kappa shape index (κ1) is 19.6. The topological polar surface area (TPSA) is 63.9 Å². The Balaban J connectivity index is 1.61. The van der Waals surface area contributed by atoms with E-state index >= 15 is 0 Å². The van der Waals surface area contributed by atoms with Crippen LogP contribution in [-0.4, -0.2) is 36.3 Å². The number of halogens is 1. The van der Waals surface area contributed by atoms with Gasteiger partial charge in [0.05, 0.1) is 17.4 Å². The maximum Gasteiger partial charge on any atom is 0.254 e. The molecule has 5 rings (SSSR count). The minimum atomic E-state index is -0.357. The van der Waals surface area contributed by atoms with E-state index in [2.05, 4.69) is 13.9 Å². The summed E-state index contributed by atoms with van der Waals surface area (Å²) in [6.07, 6.45) is 0. The molecule has 1 amide bonds. The first-order valence-corrected chi connectivity index (χ1v) is 10.8. The summed E-state index contributed by atoms with van der Waals surface area (Å²) in [5, 5.41) is 0.770. The third kappa shape index (κ3) is 3.42. The highest BCUT2D eigenvalue weighted by molar-refractivity contribution is 7.09. The number of carbonyl (C=O) groups is 1. The predicted molar refractivity (Wildman–Crippen MR) is 117 cm³/mol. The third-order valence-corrected chi connectivity index (χ3v) is 6.35. The van der Waals surface area contributed by atoms with E-state index in [0.29, 0.717) is 18.7 Å². The number of aryl methyl sites for hydroxylation is 1. The third-order valence-electron chi connectivity index (χ3n) is 5.55. The number of benzene rings is 2. The number of imidazole rings is 1. The van der Waals surface area contributed by atoms with E-state index in [1.54, 1.807) is 0 Å². The molecule has 0 saturated heterocycles. The molecule has 156 valence electrons. The molecule has 4 aromatic rings. The molecule has 0 bridgehead atoms. The summed E-state index contributed by atoms with van der Waals surface area (Å²) in [5.74, 6) is 1.02. The molecular formula is C23H20FN5OS. The molecule has 1 unspecified atom stereocenters. The zero-order valence-electron chi connectivity index (χ0n) is 17.1. The zero-order valence-corrected chi connectivity index (χ0v) is 17.9. The van der Waals surface area contributed by atoms with Crippen LogP contribution in [-0.2, 0) is 6.54 Å². The summed E-state index contributed by atoms with van der Waals surface area (Å²) in [4.78, 5) is 24.5. The predicted octanol–water partition coefficient (Wildman–Crippen LogP) is 4.73. The van der Waals surface area contributed by atoms with Crippen molar-refractivity contribution in [3.8, 4) is 22.1 Å². The van der Waals surface area contributed by atoms with E-state index in [1.807, 2.05) is 49.1 Å². The number of rotatable bonds is 3. The average Bonchev–Trinajstić information content (AvgIpc) is 3.39. The summed E-state index contributed by atoms with van der Waals surface area (Å²) in [6, 6.07) is 15.4. The van der Waals surface area contributed by atoms with E-state index in [-0.39, 0.29) is 17.8 Å². The fourth-order valence-corrected chi connectivity index (χ4v) is 4.73. The van der Waals surface area contributed by atoms with Crippen LogP contribution in [0, 0.1) is 12.7 Å². The normalized spacial score (nSPS) is 15.7. The summed E-state index contributed by atoms with van der Waals surface area (Å²) in [6.45, 7) is 5.00. The van der Waals surface area contributed by atoms with Crippen molar-refractivity contribution in [3.05, 3.63) is 77.5 Å². The van der Waals surface area contributed by atoms with Crippen LogP contribution in [0.15, 0.2) is 54.6 Å². The van der Waals surface area contributed by atoms with Crippen molar-refractivity contribution in [1.29, 1.82) is 0 Å². The lowest BCUT2D eigenvalue weighted by Crippen LogP contribution is -2.41. The van der Waals surface area contributed by atoms with Crippen LogP contribution >= 0.6 is 11.5 Å². The van der Waals surface area contributed by atoms with Gasteiger partial charge >= 0.3 is 0 Å². The van der Waals surface area contributed by atoms with Gasteiger partial charge in [-0.05, 0) is 49.6 Å². The maximum atomic E-state index is 13.3. The van der Waals surface area contributed by atoms with Gasteiger partial charge in [-0.1, -0.05) is 30.3 Å². The highest BCUT2D eigenvalue weighted by Gasteiger charge is 2.34. The summed E-state index contributed by atoms with van der Waals surface area (Å²) in [5.41, 5.74) is 3.27. The second-order valence-corrected chi connectivity index (χ2v) is 8.27. The lowest BCUT2D eigenvalue weighted by Gasteiger charge is -2.35. The minimum absolute atomic E-state index is 0.118. The Hall–Kier alpha value is -3.39. The van der Waals surface area contributed by atoms with Gasteiger partial charge in [-0.25, -0.2) is 14.4 Å². The van der Waals surface area contributed by atoms with Crippen LogP contribution in [0.2, 0.25) is 0 Å². The molecular weight excluding hydrogens is 413 g/mol. The van der Waals surface area contributed by atoms with Crippen LogP contribution in [0.4, 0.5) is 4.39 Å². The molecule has 6 nitrogen and oxygen atoms in total. The Morgan fingerprint density at radius 1 is 1.06 bits per heavy atom. The van der Waals surface area contributed by atoms with E-state index in [4.69, 9.17) is 4.98 Å². The van der Waals surface area contributed by atoms with Crippen molar-refractivity contribution in [1.82, 2.24) is 23.8 Å². The van der Waals surface area contributed by atoms with Gasteiger partial charge in [-0.2, -0.15) is 4.37 Å². The standard InChI is InChI=1S/C23H20FN5OS/c1-14-20-19(16-6-4-3-5-7-16)26-21(22-25-15(2)27-31-22)29(20)13-12-28(14)23(30)17-8-10-18(24)11-9-17/h3-11,14H,12-13H2,1-2H3. The number of hydrogen-bond acceptors (Lipinski definition) is 5. The van der Waals surface area contributed by atoms with Crippen LogP contribution in [0.25, 0.3) is 22.1 Å². The molecule has 2 aromatic heterocycles. The molecule has 2 aromatic carbocycles. The molecule has 0 fully saturated rings. The molecule has 1 atom stereocenters. The number of carbonyl (C=O) groups excluding carboxylic acids is 1. The number of hydrogen-bond donors (Lipinski definition) is 0. The highest BCUT2D eigenvalue weighted by Crippen LogP contribution is 2.38. The smallest absolute Gasteiger partial charge is 0.254 e. The molecule has 0 radical (unpaired) electrons. The Morgan fingerprint density at radius 2 is 1.81 bits per heavy atom. The lowest BCUT2D eigenvalue weighted by atomic mass is 10.0. The van der Waals surface area contributed by atoms with Crippen LogP contribution < -0.4 is 0 Å². The second kappa shape index (κ2) is 7.70. The van der Waals surface area contributed by atoms with Crippen molar-refractivity contribution >= 4 is 17.4 Å². The first-order valence-electron chi connectivity index (χ1n) is 10.1. The molecule has 3 heterocycles. The van der Waals surface area contributed by atoms with Crippen molar-refractivity contribution in [2.45, 2.75) is 26.4 Å². The van der Waals surface area contributed by atoms with Gasteiger partial charge in [0, 0.05) is 24.2 Å². The average molecular weight is 434 g/mol. The highest BCUT2D eigenvalue weighted by atomic mass is 32.1. The summed E-state index contributed by atoms with van der Waals surface area (Å²) in [7, 11) is 0. The SMILES string of the molecule is Cc1nsc(-c2nc(-c3ccccc3)c3n2CCN(C(=O)c2ccc(F)cc2)C3C)n1. The second-order valence-electron chi connectivity index (χ2n) is 7.52. The van der Waals surface area contributed by atoms with Gasteiger partial charge in [0.1, 0.15) is 11.6 Å². The maximum absolute atomic E-state index is 13.3. The molecule has 31 heavy (non-hydrogen) atoms. The fraction of sp³-hybridized carbons (Fsp3) is 0.217. The Kier molecular flexibility index (Phi) is 4.86. The molecule has 0 aliphatic carbocycles. The van der Waals surface area contributed by atoms with Gasteiger partial charge in [0.25, 0.3) is 5.91 Å². The van der Waals surface area contributed by atoms with E-state index < -0.39 is 0 Å². The fourth-order valence-electron chi connectivity index (χ4n) is 4.06. The first-order chi connectivity index (χ1) is 15.0. The summed E-state index contributed by atoms with van der Waals surface area (Å²) >= 11 is 1.33. The summed E-state index contributed by atoms with van der Waals surface area (Å²) < 4.78 is 19.8. The van der Waals surface area contributed by atoms with Gasteiger partial charge in [-0.15, -0.1) is 0 Å². The largest absolute Gasteiger partial charge is 0.329 e. The van der Waals surface area contributed by atoms with Crippen molar-refractivity contribution in [2.24, 2.45) is 0 Å². The number of amides is 1. The quantitative estimate of drug-likeness (QED) is 0.468. The molecule has 1 aliphatic heterocycles. The zero-order chi connectivity index (χ0) is 21.5. The molecule has 8 heteroatoms. The molecule has 0 saturated carbocycles. The van der Waals surface area contributed by atoms with Crippen LogP contribution in [0.3, 0.4) is 0 Å². The number of fused-ring (bicyclic) bond motifs is 1. The minimum Gasteiger partial charge on any atom is -0.329 e. The van der Waals surface area contributed by atoms with Crippen LogP contribution in [0.5, 0.6) is 0 Å². The Labute approximate surface area is 183 Å². The molecule has 0 spiro atoms. The van der Waals surface area contributed by atoms with Crippen molar-refractivity contribution in [3.63, 3.8) is 0 Å². The van der Waals surface area contributed by atoms with E-state index in [0.717, 1.165) is 33.6 Å².